The van der Waals surface area contributed by atoms with Crippen LogP contribution in [0.4, 0.5) is 0 Å². The maximum atomic E-state index is 12.5. The molecule has 6 nitrogen and oxygen atoms in total. The van der Waals surface area contributed by atoms with E-state index in [9.17, 15) is 18.3 Å². The SMILES string of the molecule is CCC1(CNS(=O)(=O)c2c(C)oc(C)c2C(=O)O)CCC1. The molecule has 0 bridgehead atoms. The summed E-state index contributed by atoms with van der Waals surface area (Å²) in [5.41, 5.74) is -0.262. The van der Waals surface area contributed by atoms with E-state index in [-0.39, 0.29) is 27.4 Å². The molecule has 7 heteroatoms. The molecule has 1 heterocycles. The van der Waals surface area contributed by atoms with E-state index in [0.29, 0.717) is 6.54 Å². The Morgan fingerprint density at radius 1 is 1.33 bits per heavy atom. The number of hydrogen-bond donors (Lipinski definition) is 2. The standard InChI is InChI=1S/C14H21NO5S/c1-4-14(6-5-7-14)8-15-21(18,19)12-10(3)20-9(2)11(12)13(16)17/h15H,4-8H2,1-3H3,(H,16,17). The molecule has 0 aromatic carbocycles. The van der Waals surface area contributed by atoms with Crippen LogP contribution in [-0.4, -0.2) is 26.0 Å². The summed E-state index contributed by atoms with van der Waals surface area (Å²) in [6, 6.07) is 0. The smallest absolute Gasteiger partial charge is 0.340 e. The summed E-state index contributed by atoms with van der Waals surface area (Å²) in [7, 11) is -3.89. The van der Waals surface area contributed by atoms with Crippen LogP contribution in [0, 0.1) is 19.3 Å². The normalized spacial score (nSPS) is 17.5. The second kappa shape index (κ2) is 5.46. The Hall–Kier alpha value is -1.34. The van der Waals surface area contributed by atoms with Crippen molar-refractivity contribution < 1.29 is 22.7 Å². The number of aromatic carboxylic acids is 1. The molecule has 0 aliphatic heterocycles. The highest BCUT2D eigenvalue weighted by molar-refractivity contribution is 7.89. The number of sulfonamides is 1. The van der Waals surface area contributed by atoms with Gasteiger partial charge in [0, 0.05) is 6.54 Å². The van der Waals surface area contributed by atoms with Crippen molar-refractivity contribution in [2.75, 3.05) is 6.54 Å². The first-order valence-electron chi connectivity index (χ1n) is 7.05. The van der Waals surface area contributed by atoms with Gasteiger partial charge in [0.15, 0.2) is 0 Å². The number of carbonyl (C=O) groups is 1. The topological polar surface area (TPSA) is 96.6 Å². The average Bonchev–Trinajstić information content (AvgIpc) is 2.64. The van der Waals surface area contributed by atoms with Crippen molar-refractivity contribution >= 4 is 16.0 Å². The highest BCUT2D eigenvalue weighted by Crippen LogP contribution is 2.43. The summed E-state index contributed by atoms with van der Waals surface area (Å²) in [4.78, 5) is 11.0. The molecule has 1 aliphatic rings. The zero-order valence-electron chi connectivity index (χ0n) is 12.5. The van der Waals surface area contributed by atoms with Crippen molar-refractivity contribution in [1.29, 1.82) is 0 Å². The number of rotatable bonds is 6. The predicted molar refractivity (Wildman–Crippen MR) is 76.9 cm³/mol. The van der Waals surface area contributed by atoms with E-state index in [2.05, 4.69) is 4.72 Å². The van der Waals surface area contributed by atoms with Crippen LogP contribution in [0.5, 0.6) is 0 Å². The number of carboxylic acids is 1. The van der Waals surface area contributed by atoms with E-state index in [1.165, 1.54) is 13.8 Å². The lowest BCUT2D eigenvalue weighted by atomic mass is 9.67. The van der Waals surface area contributed by atoms with Gasteiger partial charge in [-0.15, -0.1) is 0 Å². The molecular formula is C14H21NO5S. The molecule has 1 aliphatic carbocycles. The van der Waals surface area contributed by atoms with Crippen LogP contribution in [-0.2, 0) is 10.0 Å². The fraction of sp³-hybridized carbons (Fsp3) is 0.643. The van der Waals surface area contributed by atoms with Crippen LogP contribution in [0.15, 0.2) is 9.31 Å². The molecule has 1 aromatic heterocycles. The minimum absolute atomic E-state index is 0.0170. The molecule has 1 fully saturated rings. The van der Waals surface area contributed by atoms with Gasteiger partial charge in [-0.25, -0.2) is 17.9 Å². The first-order valence-corrected chi connectivity index (χ1v) is 8.54. The molecule has 1 saturated carbocycles. The monoisotopic (exact) mass is 315 g/mol. The minimum atomic E-state index is -3.89. The Kier molecular flexibility index (Phi) is 4.17. The number of furan rings is 1. The Bertz CT molecular complexity index is 650. The van der Waals surface area contributed by atoms with Crippen LogP contribution in [0.25, 0.3) is 0 Å². The van der Waals surface area contributed by atoms with E-state index in [1.807, 2.05) is 6.92 Å². The molecule has 0 atom stereocenters. The first kappa shape index (κ1) is 16.0. The van der Waals surface area contributed by atoms with Crippen molar-refractivity contribution in [3.8, 4) is 0 Å². The highest BCUT2D eigenvalue weighted by atomic mass is 32.2. The van der Waals surface area contributed by atoms with E-state index in [4.69, 9.17) is 4.42 Å². The fourth-order valence-electron chi connectivity index (χ4n) is 2.89. The van der Waals surface area contributed by atoms with Gasteiger partial charge in [-0.3, -0.25) is 0 Å². The van der Waals surface area contributed by atoms with Crippen molar-refractivity contribution in [1.82, 2.24) is 4.72 Å². The molecule has 0 unspecified atom stereocenters. The minimum Gasteiger partial charge on any atom is -0.478 e. The van der Waals surface area contributed by atoms with Crippen LogP contribution < -0.4 is 4.72 Å². The second-order valence-electron chi connectivity index (χ2n) is 5.76. The van der Waals surface area contributed by atoms with Gasteiger partial charge >= 0.3 is 5.97 Å². The molecule has 21 heavy (non-hydrogen) atoms. The van der Waals surface area contributed by atoms with Crippen LogP contribution >= 0.6 is 0 Å². The maximum Gasteiger partial charge on any atom is 0.340 e. The lowest BCUT2D eigenvalue weighted by molar-refractivity contribution is 0.0691. The predicted octanol–water partition coefficient (Wildman–Crippen LogP) is 2.45. The van der Waals surface area contributed by atoms with E-state index in [0.717, 1.165) is 25.7 Å². The Balaban J connectivity index is 2.30. The summed E-state index contributed by atoms with van der Waals surface area (Å²) in [5, 5.41) is 9.20. The lowest BCUT2D eigenvalue weighted by Gasteiger charge is -2.41. The number of aryl methyl sites for hydroxylation is 2. The van der Waals surface area contributed by atoms with Gasteiger partial charge in [0.2, 0.25) is 10.0 Å². The van der Waals surface area contributed by atoms with Gasteiger partial charge in [-0.2, -0.15) is 0 Å². The third-order valence-electron chi connectivity index (χ3n) is 4.49. The summed E-state index contributed by atoms with van der Waals surface area (Å²) < 4.78 is 32.7. The Labute approximate surface area is 124 Å². The Morgan fingerprint density at radius 2 is 1.95 bits per heavy atom. The summed E-state index contributed by atoms with van der Waals surface area (Å²) in [5.74, 6) is -1.08. The first-order chi connectivity index (χ1) is 9.72. The molecule has 2 rings (SSSR count). The van der Waals surface area contributed by atoms with Gasteiger partial charge in [0.25, 0.3) is 0 Å². The van der Waals surface area contributed by atoms with Gasteiger partial charge in [-0.05, 0) is 38.5 Å². The quantitative estimate of drug-likeness (QED) is 0.840. The van der Waals surface area contributed by atoms with E-state index >= 15 is 0 Å². The van der Waals surface area contributed by atoms with Gasteiger partial charge in [0.05, 0.1) is 0 Å². The van der Waals surface area contributed by atoms with Gasteiger partial charge < -0.3 is 9.52 Å². The molecule has 0 saturated heterocycles. The Morgan fingerprint density at radius 3 is 2.38 bits per heavy atom. The molecule has 0 amide bonds. The molecule has 1 aromatic rings. The fourth-order valence-corrected chi connectivity index (χ4v) is 4.45. The number of hydrogen-bond acceptors (Lipinski definition) is 4. The largest absolute Gasteiger partial charge is 0.478 e. The molecular weight excluding hydrogens is 294 g/mol. The average molecular weight is 315 g/mol. The number of carboxylic acid groups (broad SMARTS) is 1. The van der Waals surface area contributed by atoms with Crippen molar-refractivity contribution in [2.45, 2.75) is 51.3 Å². The second-order valence-corrected chi connectivity index (χ2v) is 7.46. The summed E-state index contributed by atoms with van der Waals surface area (Å²) in [6.45, 7) is 5.31. The van der Waals surface area contributed by atoms with Crippen molar-refractivity contribution in [3.05, 3.63) is 17.1 Å². The van der Waals surface area contributed by atoms with Crippen molar-refractivity contribution in [3.63, 3.8) is 0 Å². The van der Waals surface area contributed by atoms with Crippen molar-refractivity contribution in [2.24, 2.45) is 5.41 Å². The van der Waals surface area contributed by atoms with Gasteiger partial charge in [0.1, 0.15) is 22.0 Å². The van der Waals surface area contributed by atoms with Crippen LogP contribution in [0.2, 0.25) is 0 Å². The highest BCUT2D eigenvalue weighted by Gasteiger charge is 2.38. The van der Waals surface area contributed by atoms with Crippen LogP contribution in [0.1, 0.15) is 54.5 Å². The lowest BCUT2D eigenvalue weighted by Crippen LogP contribution is -2.41. The summed E-state index contributed by atoms with van der Waals surface area (Å²) >= 11 is 0. The molecule has 0 radical (unpaired) electrons. The molecule has 2 N–H and O–H groups in total. The molecule has 118 valence electrons. The van der Waals surface area contributed by atoms with Gasteiger partial charge in [-0.1, -0.05) is 13.3 Å². The third kappa shape index (κ3) is 2.85. The van der Waals surface area contributed by atoms with Crippen LogP contribution in [0.3, 0.4) is 0 Å². The van der Waals surface area contributed by atoms with E-state index < -0.39 is 16.0 Å². The zero-order valence-corrected chi connectivity index (χ0v) is 13.3. The zero-order chi connectivity index (χ0) is 15.8. The number of nitrogens with one attached hydrogen (secondary N) is 1. The molecule has 0 spiro atoms. The summed E-state index contributed by atoms with van der Waals surface area (Å²) in [6.07, 6.45) is 4.02. The van der Waals surface area contributed by atoms with E-state index in [1.54, 1.807) is 0 Å². The maximum absolute atomic E-state index is 12.5. The third-order valence-corrected chi connectivity index (χ3v) is 6.04.